The molecule has 1 saturated carbocycles. The zero-order chi connectivity index (χ0) is 10.3. The van der Waals surface area contributed by atoms with E-state index in [0.717, 1.165) is 12.1 Å². The number of ether oxygens (including phenoxy) is 1. The lowest BCUT2D eigenvalue weighted by Crippen LogP contribution is -2.05. The number of hydrogen-bond acceptors (Lipinski definition) is 3. The topological polar surface area (TPSA) is 49.7 Å². The molecule has 0 spiro atoms. The smallest absolute Gasteiger partial charge is 0.164 e. The van der Waals surface area contributed by atoms with Crippen molar-refractivity contribution in [2.24, 2.45) is 0 Å². The number of phenols is 1. The van der Waals surface area contributed by atoms with Crippen molar-refractivity contribution in [1.82, 2.24) is 0 Å². The summed E-state index contributed by atoms with van der Waals surface area (Å²) in [7, 11) is 1.34. The summed E-state index contributed by atoms with van der Waals surface area (Å²) in [5.74, 6) is -0.635. The quantitative estimate of drug-likeness (QED) is 0.757. The Balaban J connectivity index is 2.54. The van der Waals surface area contributed by atoms with Gasteiger partial charge in [-0.3, -0.25) is 0 Å². The first-order chi connectivity index (χ1) is 6.57. The molecule has 1 aromatic carbocycles. The SMILES string of the molecule is COc1cc(F)cc(C2(O)CC2)c1O. The molecule has 14 heavy (non-hydrogen) atoms. The maximum atomic E-state index is 13.1. The molecule has 0 saturated heterocycles. The Hall–Kier alpha value is -1.29. The van der Waals surface area contributed by atoms with Crippen LogP contribution in [0.2, 0.25) is 0 Å². The normalized spacial score (nSPS) is 17.9. The first-order valence-corrected chi connectivity index (χ1v) is 4.36. The van der Waals surface area contributed by atoms with Crippen molar-refractivity contribution in [3.05, 3.63) is 23.5 Å². The number of rotatable bonds is 2. The molecule has 0 heterocycles. The number of aromatic hydroxyl groups is 1. The highest BCUT2D eigenvalue weighted by atomic mass is 19.1. The summed E-state index contributed by atoms with van der Waals surface area (Å²) in [5.41, 5.74) is -0.839. The Kier molecular flexibility index (Phi) is 1.89. The highest BCUT2D eigenvalue weighted by Gasteiger charge is 2.45. The Morgan fingerprint density at radius 3 is 2.57 bits per heavy atom. The summed E-state index contributed by atoms with van der Waals surface area (Å²) in [5, 5.41) is 19.4. The van der Waals surface area contributed by atoms with Crippen LogP contribution in [-0.2, 0) is 5.60 Å². The molecule has 3 nitrogen and oxygen atoms in total. The van der Waals surface area contributed by atoms with E-state index in [1.165, 1.54) is 7.11 Å². The van der Waals surface area contributed by atoms with Crippen molar-refractivity contribution >= 4 is 0 Å². The molecular weight excluding hydrogens is 187 g/mol. The number of hydrogen-bond donors (Lipinski definition) is 2. The van der Waals surface area contributed by atoms with Gasteiger partial charge in [0.15, 0.2) is 11.5 Å². The van der Waals surface area contributed by atoms with Crippen molar-refractivity contribution in [1.29, 1.82) is 0 Å². The van der Waals surface area contributed by atoms with Crippen LogP contribution in [0.15, 0.2) is 12.1 Å². The van der Waals surface area contributed by atoms with Crippen LogP contribution < -0.4 is 4.74 Å². The van der Waals surface area contributed by atoms with Crippen molar-refractivity contribution in [3.63, 3.8) is 0 Å². The molecule has 1 aromatic rings. The van der Waals surface area contributed by atoms with Crippen LogP contribution in [0.1, 0.15) is 18.4 Å². The predicted octanol–water partition coefficient (Wildman–Crippen LogP) is 1.52. The maximum absolute atomic E-state index is 13.1. The molecule has 0 unspecified atom stereocenters. The van der Waals surface area contributed by atoms with Crippen LogP contribution in [0, 0.1) is 5.82 Å². The summed E-state index contributed by atoms with van der Waals surface area (Å²) >= 11 is 0. The van der Waals surface area contributed by atoms with E-state index >= 15 is 0 Å². The summed E-state index contributed by atoms with van der Waals surface area (Å²) in [6, 6.07) is 2.23. The van der Waals surface area contributed by atoms with E-state index in [0.29, 0.717) is 12.8 Å². The third kappa shape index (κ3) is 1.32. The Morgan fingerprint density at radius 1 is 1.43 bits per heavy atom. The summed E-state index contributed by atoms with van der Waals surface area (Å²) < 4.78 is 17.8. The standard InChI is InChI=1S/C10H11FO3/c1-14-8-5-6(11)4-7(9(8)12)10(13)2-3-10/h4-5,12-13H,2-3H2,1H3. The number of benzene rings is 1. The molecule has 0 bridgehead atoms. The zero-order valence-corrected chi connectivity index (χ0v) is 7.75. The number of aliphatic hydroxyl groups is 1. The van der Waals surface area contributed by atoms with Gasteiger partial charge in [0.2, 0.25) is 0 Å². The molecule has 1 aliphatic carbocycles. The van der Waals surface area contributed by atoms with Gasteiger partial charge < -0.3 is 14.9 Å². The summed E-state index contributed by atoms with van der Waals surface area (Å²) in [6.45, 7) is 0. The molecule has 4 heteroatoms. The monoisotopic (exact) mass is 198 g/mol. The number of halogens is 1. The van der Waals surface area contributed by atoms with Crippen LogP contribution in [0.25, 0.3) is 0 Å². The molecule has 1 aliphatic rings. The van der Waals surface area contributed by atoms with Crippen LogP contribution in [0.4, 0.5) is 4.39 Å². The van der Waals surface area contributed by atoms with E-state index < -0.39 is 11.4 Å². The highest BCUT2D eigenvalue weighted by Crippen LogP contribution is 2.50. The lowest BCUT2D eigenvalue weighted by molar-refractivity contribution is 0.146. The van der Waals surface area contributed by atoms with Crippen molar-refractivity contribution in [2.45, 2.75) is 18.4 Å². The lowest BCUT2D eigenvalue weighted by Gasteiger charge is -2.13. The van der Waals surface area contributed by atoms with E-state index in [9.17, 15) is 14.6 Å². The van der Waals surface area contributed by atoms with Gasteiger partial charge >= 0.3 is 0 Å². The van der Waals surface area contributed by atoms with E-state index in [2.05, 4.69) is 0 Å². The summed E-state index contributed by atoms with van der Waals surface area (Å²) in [6.07, 6.45) is 1.10. The zero-order valence-electron chi connectivity index (χ0n) is 7.75. The van der Waals surface area contributed by atoms with E-state index in [1.54, 1.807) is 0 Å². The van der Waals surface area contributed by atoms with E-state index in [4.69, 9.17) is 4.74 Å². The minimum atomic E-state index is -1.06. The molecule has 2 rings (SSSR count). The summed E-state index contributed by atoms with van der Waals surface area (Å²) in [4.78, 5) is 0. The van der Waals surface area contributed by atoms with Crippen LogP contribution in [0.5, 0.6) is 11.5 Å². The van der Waals surface area contributed by atoms with Gasteiger partial charge in [-0.25, -0.2) is 4.39 Å². The van der Waals surface area contributed by atoms with E-state index in [1.807, 2.05) is 0 Å². The Bertz CT molecular complexity index is 372. The third-order valence-electron chi connectivity index (χ3n) is 2.48. The fraction of sp³-hybridized carbons (Fsp3) is 0.400. The molecule has 76 valence electrons. The molecule has 0 aliphatic heterocycles. The van der Waals surface area contributed by atoms with Gasteiger partial charge in [0.05, 0.1) is 12.7 Å². The van der Waals surface area contributed by atoms with Gasteiger partial charge in [-0.2, -0.15) is 0 Å². The molecular formula is C10H11FO3. The fourth-order valence-electron chi connectivity index (χ4n) is 1.47. The largest absolute Gasteiger partial charge is 0.504 e. The van der Waals surface area contributed by atoms with Crippen LogP contribution in [-0.4, -0.2) is 17.3 Å². The minimum absolute atomic E-state index is 0.0559. The number of methoxy groups -OCH3 is 1. The van der Waals surface area contributed by atoms with Gasteiger partial charge in [0.25, 0.3) is 0 Å². The average Bonchev–Trinajstić information content (AvgIpc) is 2.88. The van der Waals surface area contributed by atoms with Crippen molar-refractivity contribution in [2.75, 3.05) is 7.11 Å². The van der Waals surface area contributed by atoms with Crippen molar-refractivity contribution in [3.8, 4) is 11.5 Å². The first kappa shape index (κ1) is 9.27. The molecule has 1 fully saturated rings. The molecule has 2 N–H and O–H groups in total. The Labute approximate surface area is 80.8 Å². The van der Waals surface area contributed by atoms with Crippen molar-refractivity contribution < 1.29 is 19.3 Å². The maximum Gasteiger partial charge on any atom is 0.164 e. The highest BCUT2D eigenvalue weighted by molar-refractivity contribution is 5.50. The Morgan fingerprint density at radius 2 is 2.07 bits per heavy atom. The second kappa shape index (κ2) is 2.85. The van der Waals surface area contributed by atoms with E-state index in [-0.39, 0.29) is 17.1 Å². The first-order valence-electron chi connectivity index (χ1n) is 4.36. The van der Waals surface area contributed by atoms with Gasteiger partial charge in [-0.1, -0.05) is 0 Å². The predicted molar refractivity (Wildman–Crippen MR) is 47.7 cm³/mol. The molecule has 0 aromatic heterocycles. The molecule has 0 amide bonds. The molecule has 0 atom stereocenters. The second-order valence-electron chi connectivity index (χ2n) is 3.54. The fourth-order valence-corrected chi connectivity index (χ4v) is 1.47. The van der Waals surface area contributed by atoms with Gasteiger partial charge in [-0.05, 0) is 18.9 Å². The number of phenolic OH excluding ortho intramolecular Hbond substituents is 1. The van der Waals surface area contributed by atoms with Crippen LogP contribution >= 0.6 is 0 Å². The second-order valence-corrected chi connectivity index (χ2v) is 3.54. The van der Waals surface area contributed by atoms with Gasteiger partial charge in [-0.15, -0.1) is 0 Å². The average molecular weight is 198 g/mol. The lowest BCUT2D eigenvalue weighted by atomic mass is 10.1. The van der Waals surface area contributed by atoms with Gasteiger partial charge in [0.1, 0.15) is 5.82 Å². The minimum Gasteiger partial charge on any atom is -0.504 e. The van der Waals surface area contributed by atoms with Gasteiger partial charge in [0, 0.05) is 11.6 Å². The third-order valence-corrected chi connectivity index (χ3v) is 2.48. The molecule has 0 radical (unpaired) electrons. The van der Waals surface area contributed by atoms with Crippen LogP contribution in [0.3, 0.4) is 0 Å².